The van der Waals surface area contributed by atoms with Crippen molar-refractivity contribution in [1.82, 2.24) is 0 Å². The van der Waals surface area contributed by atoms with E-state index in [0.29, 0.717) is 23.7 Å². The Morgan fingerprint density at radius 3 is 1.14 bits per heavy atom. The van der Waals surface area contributed by atoms with Crippen LogP contribution < -0.4 is 4.74 Å². The van der Waals surface area contributed by atoms with Gasteiger partial charge in [-0.25, -0.2) is 0 Å². The maximum absolute atomic E-state index is 5.08. The van der Waals surface area contributed by atoms with Gasteiger partial charge in [-0.15, -0.1) is 0 Å². The average molecular weight is 1150 g/mol. The molecule has 0 saturated carbocycles. The third-order valence-corrected chi connectivity index (χ3v) is 16.1. The van der Waals surface area contributed by atoms with E-state index in [1.807, 2.05) is 95.2 Å². The maximum atomic E-state index is 5.08. The minimum atomic E-state index is 0.267. The van der Waals surface area contributed by atoms with Gasteiger partial charge in [-0.1, -0.05) is 333 Å². The summed E-state index contributed by atoms with van der Waals surface area (Å²) in [5.74, 6) is 7.00. The van der Waals surface area contributed by atoms with Crippen molar-refractivity contribution in [2.45, 2.75) is 287 Å². The molecule has 8 atom stereocenters. The molecule has 0 spiro atoms. The summed E-state index contributed by atoms with van der Waals surface area (Å²) in [7, 11) is 1.69. The summed E-state index contributed by atoms with van der Waals surface area (Å²) in [6.07, 6.45) is 9.83. The predicted octanol–water partition coefficient (Wildman–Crippen LogP) is 27.2. The van der Waals surface area contributed by atoms with Crippen LogP contribution in [0, 0.1) is 24.7 Å². The first-order chi connectivity index (χ1) is 40.3. The number of benzene rings is 6. The molecule has 476 valence electrons. The largest absolute Gasteiger partial charge is 0.497 e. The van der Waals surface area contributed by atoms with Gasteiger partial charge in [0.25, 0.3) is 0 Å². The molecule has 0 aromatic heterocycles. The highest BCUT2D eigenvalue weighted by molar-refractivity contribution is 5.36. The van der Waals surface area contributed by atoms with Crippen LogP contribution >= 0.6 is 0 Å². The summed E-state index contributed by atoms with van der Waals surface area (Å²) in [4.78, 5) is 0. The molecule has 1 nitrogen and oxygen atoms in total. The first-order valence-electron chi connectivity index (χ1n) is 34.3. The molecule has 0 aliphatic heterocycles. The molecule has 0 amide bonds. The van der Waals surface area contributed by atoms with Gasteiger partial charge in [-0.05, 0) is 179 Å². The van der Waals surface area contributed by atoms with E-state index < -0.39 is 0 Å². The Morgan fingerprint density at radius 2 is 0.762 bits per heavy atom. The van der Waals surface area contributed by atoms with Gasteiger partial charge in [-0.2, -0.15) is 0 Å². The topological polar surface area (TPSA) is 9.23 Å². The van der Waals surface area contributed by atoms with Gasteiger partial charge >= 0.3 is 0 Å². The molecule has 6 aromatic rings. The Balaban J connectivity index is -0.000000441. The van der Waals surface area contributed by atoms with Gasteiger partial charge in [0.2, 0.25) is 0 Å². The molecule has 0 N–H and O–H groups in total. The third kappa shape index (κ3) is 33.7. The van der Waals surface area contributed by atoms with Crippen molar-refractivity contribution in [3.63, 3.8) is 0 Å². The minimum absolute atomic E-state index is 0.267. The lowest BCUT2D eigenvalue weighted by Gasteiger charge is -2.27. The Morgan fingerprint density at radius 1 is 0.405 bits per heavy atom. The summed E-state index contributed by atoms with van der Waals surface area (Å²) in [5, 5.41) is 0. The Kier molecular flexibility index (Phi) is 53.4. The zero-order valence-corrected chi connectivity index (χ0v) is 61.0. The fraction of sp³-hybridized carbons (Fsp3) is 0.566. The van der Waals surface area contributed by atoms with Gasteiger partial charge < -0.3 is 4.74 Å². The van der Waals surface area contributed by atoms with Crippen LogP contribution in [0.1, 0.15) is 310 Å². The number of methoxy groups -OCH3 is 1. The minimum Gasteiger partial charge on any atom is -0.497 e. The van der Waals surface area contributed by atoms with Gasteiger partial charge in [0.1, 0.15) is 5.75 Å². The van der Waals surface area contributed by atoms with Gasteiger partial charge in [0.05, 0.1) is 7.11 Å². The van der Waals surface area contributed by atoms with Gasteiger partial charge in [-0.3, -0.25) is 0 Å². The third-order valence-electron chi connectivity index (χ3n) is 16.1. The highest BCUT2D eigenvalue weighted by atomic mass is 16.5. The van der Waals surface area contributed by atoms with Crippen LogP contribution in [0.2, 0.25) is 0 Å². The van der Waals surface area contributed by atoms with E-state index >= 15 is 0 Å². The molecule has 0 saturated heterocycles. The smallest absolute Gasteiger partial charge is 0.118 e. The van der Waals surface area contributed by atoms with Crippen molar-refractivity contribution in [2.75, 3.05) is 7.11 Å². The van der Waals surface area contributed by atoms with E-state index in [1.165, 1.54) is 83.9 Å². The zero-order valence-electron chi connectivity index (χ0n) is 61.0. The average Bonchev–Trinajstić information content (AvgIpc) is 4.10. The predicted molar refractivity (Wildman–Crippen MR) is 388 cm³/mol. The summed E-state index contributed by atoms with van der Waals surface area (Å²) < 4.78 is 5.08. The second-order valence-electron chi connectivity index (χ2n) is 22.7. The molecule has 1 heteroatoms. The molecule has 8 unspecified atom stereocenters. The maximum Gasteiger partial charge on any atom is 0.118 e. The summed E-state index contributed by atoms with van der Waals surface area (Å²) >= 11 is 0. The molecular formula is C83H138O. The van der Waals surface area contributed by atoms with E-state index in [0.717, 1.165) is 35.8 Å². The molecule has 2 aliphatic rings. The van der Waals surface area contributed by atoms with Crippen molar-refractivity contribution in [1.29, 1.82) is 0 Å². The molecule has 6 aromatic carbocycles. The molecule has 0 bridgehead atoms. The summed E-state index contributed by atoms with van der Waals surface area (Å²) in [6, 6.07) is 52.7. The monoisotopic (exact) mass is 1150 g/mol. The second-order valence-corrected chi connectivity index (χ2v) is 22.7. The first kappa shape index (κ1) is 85.6. The van der Waals surface area contributed by atoms with Gasteiger partial charge in [0.15, 0.2) is 0 Å². The molecule has 2 aliphatic carbocycles. The van der Waals surface area contributed by atoms with E-state index in [2.05, 4.69) is 251 Å². The molecule has 0 heterocycles. The normalized spacial score (nSPS) is 15.9. The van der Waals surface area contributed by atoms with Crippen molar-refractivity contribution in [2.24, 2.45) is 17.8 Å². The number of fused-ring (bicyclic) bond motifs is 2. The van der Waals surface area contributed by atoms with Crippen LogP contribution in [0.3, 0.4) is 0 Å². The van der Waals surface area contributed by atoms with E-state index in [4.69, 9.17) is 4.74 Å². The second kappa shape index (κ2) is 52.4. The van der Waals surface area contributed by atoms with Gasteiger partial charge in [0, 0.05) is 0 Å². The van der Waals surface area contributed by atoms with E-state index in [9.17, 15) is 0 Å². The van der Waals surface area contributed by atoms with Crippen molar-refractivity contribution in [3.8, 4) is 5.75 Å². The zero-order chi connectivity index (χ0) is 65.4. The fourth-order valence-corrected chi connectivity index (χ4v) is 9.25. The van der Waals surface area contributed by atoms with Crippen molar-refractivity contribution < 1.29 is 4.74 Å². The van der Waals surface area contributed by atoms with Crippen LogP contribution in [0.15, 0.2) is 146 Å². The standard InChI is InChI=1S/C14H22.C12H16.C12H18.C11H16O.C11H14.C11H16.6C2H6/c1-6-11(2)12-8-7-9-13(10-12)14(3,4)5;1-9-7-11-5-3-4-6-12(11)8-10(9)2;1-4-10(3)12-8-6-7-11(5-2)9-12;1-4-9(2)10-5-7-11(12-3)8-6-10;1-8-7-10-5-3-4-6-11(10)9(8)2;1-4-10(3)11-7-5-9(2)6-8-11;6*1-2/h7-11H,6H2,1-5H3;3-6,9-10H,7-8H2,1-2H3;6-10H,4-5H2,1-3H3;5-9H,4H2,1-3H3;3-6,8-9H,7H2,1-2H3;5-8,10H,4H2,1-3H3;6*1-2H3. The van der Waals surface area contributed by atoms with Crippen LogP contribution in [0.5, 0.6) is 5.75 Å². The molecule has 0 fully saturated rings. The molecular weight excluding hydrogens is 1010 g/mol. The number of hydrogen-bond acceptors (Lipinski definition) is 1. The summed E-state index contributed by atoms with van der Waals surface area (Å²) in [6.45, 7) is 62.5. The lowest BCUT2D eigenvalue weighted by atomic mass is 9.78. The molecule has 0 radical (unpaired) electrons. The SMILES string of the molecule is CC.CC.CC.CC.CC.CC.CC1Cc2ccccc2C1C.CC1Cc2ccccc2CC1C.CCC(C)c1ccc(C)cc1.CCC(C)c1ccc(OC)cc1.CCC(C)c1cccc(C(C)(C)C)c1.CCc1cccc(C(C)CC)c1. The molecule has 8 rings (SSSR count). The highest BCUT2D eigenvalue weighted by Crippen LogP contribution is 2.37. The van der Waals surface area contributed by atoms with Crippen LogP contribution in [0.4, 0.5) is 0 Å². The summed E-state index contributed by atoms with van der Waals surface area (Å²) in [5.41, 5.74) is 16.6. The Labute approximate surface area is 526 Å². The van der Waals surface area contributed by atoms with Crippen molar-refractivity contribution in [3.05, 3.63) is 207 Å². The lowest BCUT2D eigenvalue weighted by Crippen LogP contribution is -2.20. The van der Waals surface area contributed by atoms with Crippen LogP contribution in [-0.2, 0) is 31.1 Å². The van der Waals surface area contributed by atoms with Crippen molar-refractivity contribution >= 4 is 0 Å². The van der Waals surface area contributed by atoms with E-state index in [-0.39, 0.29) is 5.41 Å². The number of hydrogen-bond donors (Lipinski definition) is 0. The number of ether oxygens (including phenoxy) is 1. The van der Waals surface area contributed by atoms with Crippen LogP contribution in [-0.4, -0.2) is 7.11 Å². The highest BCUT2D eigenvalue weighted by Gasteiger charge is 2.24. The van der Waals surface area contributed by atoms with E-state index in [1.54, 1.807) is 29.4 Å². The Bertz CT molecular complexity index is 2350. The quantitative estimate of drug-likeness (QED) is 0.133. The fourth-order valence-electron chi connectivity index (χ4n) is 9.25. The van der Waals surface area contributed by atoms with Crippen LogP contribution in [0.25, 0.3) is 0 Å². The lowest BCUT2D eigenvalue weighted by molar-refractivity contribution is 0.361. The number of aryl methyl sites for hydroxylation is 2. The molecule has 84 heavy (non-hydrogen) atoms. The first-order valence-corrected chi connectivity index (χ1v) is 34.3. The Hall–Kier alpha value is -4.88. The number of rotatable bonds is 10.